The van der Waals surface area contributed by atoms with Crippen LogP contribution in [-0.4, -0.2) is 161 Å². The van der Waals surface area contributed by atoms with E-state index in [0.717, 1.165) is 62.7 Å². The molecule has 6 aliphatic rings. The average Bonchev–Trinajstić information content (AvgIpc) is 1.58. The zero-order valence-electron chi connectivity index (χ0n) is 62.4. The number of hydrogen-bond acceptors (Lipinski definition) is 19. The van der Waals surface area contributed by atoms with Crippen molar-refractivity contribution in [2.45, 2.75) is 149 Å². The maximum absolute atomic E-state index is 14.5. The number of hydrogen-bond donors (Lipinski definition) is 3. The number of carbonyl (C=O) groups is 9. The van der Waals surface area contributed by atoms with E-state index >= 15 is 0 Å². The van der Waals surface area contributed by atoms with E-state index in [-0.39, 0.29) is 147 Å². The minimum Gasteiger partial charge on any atom is -0.497 e. The van der Waals surface area contributed by atoms with E-state index in [4.69, 9.17) is 33.4 Å². The zero-order chi connectivity index (χ0) is 76.9. The third-order valence-electron chi connectivity index (χ3n) is 21.3. The van der Waals surface area contributed by atoms with Gasteiger partial charge < -0.3 is 58.9 Å². The molecular weight excluding hydrogens is 1390 g/mol. The van der Waals surface area contributed by atoms with Gasteiger partial charge in [-0.15, -0.1) is 5.10 Å². The monoisotopic (exact) mass is 1480 g/mol. The lowest BCUT2D eigenvalue weighted by molar-refractivity contribution is -0.133. The highest BCUT2D eigenvalue weighted by atomic mass is 16.6. The SMILES string of the molecule is COc1ccc(C2=CN3C(=O)c4cc(OC)c(OCCCOc5cc6c(cc5OC)C(=O)N5CC7(CC7)C[C@H]5C(O)N6C(=O)OCc5ccc(CC(=O)[C@H](C)NC(=O)[C@@H](CC(=O)CNC(=O)CCC(=O)CCC(=O)N6Cc7ccccc7-c7nnn(C(C)C)c7-c7ccccc76)C(C)C)cc5)cc4N=C[C@@H]3C2)cc1. The Bertz CT molecular complexity index is 4750. The molecule has 5 aliphatic heterocycles. The van der Waals surface area contributed by atoms with E-state index in [9.17, 15) is 48.3 Å². The summed E-state index contributed by atoms with van der Waals surface area (Å²) in [7, 11) is 4.55. The summed E-state index contributed by atoms with van der Waals surface area (Å²) in [5, 5.41) is 26.6. The molecule has 568 valence electrons. The van der Waals surface area contributed by atoms with Crippen molar-refractivity contribution >= 4 is 81.8 Å². The molecule has 13 rings (SSSR count). The first-order valence-electron chi connectivity index (χ1n) is 37.0. The summed E-state index contributed by atoms with van der Waals surface area (Å²) < 4.78 is 37.1. The number of methoxy groups -OCH3 is 3. The second kappa shape index (κ2) is 32.5. The van der Waals surface area contributed by atoms with Crippen molar-refractivity contribution in [1.29, 1.82) is 0 Å². The number of amides is 6. The molecule has 0 radical (unpaired) electrons. The van der Waals surface area contributed by atoms with E-state index < -0.39 is 47.9 Å². The molecule has 1 saturated carbocycles. The van der Waals surface area contributed by atoms with Crippen molar-refractivity contribution in [3.05, 3.63) is 161 Å². The molecule has 1 spiro atoms. The van der Waals surface area contributed by atoms with Crippen LogP contribution in [0.4, 0.5) is 21.9 Å². The van der Waals surface area contributed by atoms with Gasteiger partial charge in [0.15, 0.2) is 40.8 Å². The summed E-state index contributed by atoms with van der Waals surface area (Å²) in [6.07, 6.45) is 3.59. The van der Waals surface area contributed by atoms with Gasteiger partial charge in [-0.25, -0.2) is 14.4 Å². The molecule has 6 heterocycles. The largest absolute Gasteiger partial charge is 0.497 e. The molecule has 5 atom stereocenters. The van der Waals surface area contributed by atoms with Crippen LogP contribution < -0.4 is 44.1 Å². The van der Waals surface area contributed by atoms with E-state index in [0.29, 0.717) is 65.4 Å². The standard InChI is InChI=1S/C83H90N10O16/c1-48(2)62(36-58(95)43-85-74(97)28-24-57(94)25-29-75(98)90-44-54-14-9-10-15-60(54)76-77(93(49(3)4)88-87-76)61-16-11-12-17-66(61)90)78(99)86-50(5)69(96)34-51-18-20-52(21-19-51)46-109-82(103)92-67-40-73(71(106-8)38-64(67)80(101)91-47-83(30-31-83)41-68(91)81(92)102)108-33-13-32-107-72-39-65-63(37-70(72)105-7)79(100)89-45-55(35-56(89)42-84-65)53-22-26-59(104-6)27-23-53/h9-12,14-23,26-27,37-40,42,45,48-50,56,62,68,81,102H,13,24-25,28-36,41,43-44,46-47H2,1-8H3,(H,85,97)(H,86,99)/t50-,56-,62-,68-,81?/m0/s1. The predicted octanol–water partition coefficient (Wildman–Crippen LogP) is 11.1. The van der Waals surface area contributed by atoms with Gasteiger partial charge in [0.1, 0.15) is 23.8 Å². The van der Waals surface area contributed by atoms with Crippen LogP contribution in [-0.2, 0) is 53.1 Å². The van der Waals surface area contributed by atoms with Crippen LogP contribution in [0.5, 0.6) is 28.7 Å². The number of fused-ring (bicyclic) bond motifs is 9. The molecule has 109 heavy (non-hydrogen) atoms. The third kappa shape index (κ3) is 16.3. The van der Waals surface area contributed by atoms with Crippen LogP contribution >= 0.6 is 0 Å². The van der Waals surface area contributed by atoms with Crippen molar-refractivity contribution in [1.82, 2.24) is 35.4 Å². The first-order valence-corrected chi connectivity index (χ1v) is 37.0. The van der Waals surface area contributed by atoms with Gasteiger partial charge in [-0.05, 0) is 110 Å². The number of carbonyl (C=O) groups excluding carboxylic acids is 9. The van der Waals surface area contributed by atoms with Gasteiger partial charge in [0.2, 0.25) is 17.7 Å². The average molecular weight is 1480 g/mol. The highest BCUT2D eigenvalue weighted by molar-refractivity contribution is 6.08. The van der Waals surface area contributed by atoms with Gasteiger partial charge in [0.05, 0.1) is 99.6 Å². The minimum atomic E-state index is -1.49. The number of rotatable bonds is 29. The Morgan fingerprint density at radius 2 is 1.38 bits per heavy atom. The Labute approximate surface area is 631 Å². The first kappa shape index (κ1) is 75.7. The van der Waals surface area contributed by atoms with E-state index in [1.165, 1.54) is 26.4 Å². The number of nitrogens with one attached hydrogen (secondary N) is 2. The highest BCUT2D eigenvalue weighted by Crippen LogP contribution is 2.57. The molecule has 3 N–H and O–H groups in total. The Hall–Kier alpha value is -11.5. The molecule has 6 aromatic carbocycles. The van der Waals surface area contributed by atoms with Crippen LogP contribution in [0.1, 0.15) is 148 Å². The molecule has 6 amide bonds. The molecule has 1 saturated heterocycles. The van der Waals surface area contributed by atoms with E-state index in [2.05, 4.69) is 20.9 Å². The number of aromatic nitrogens is 3. The lowest BCUT2D eigenvalue weighted by atomic mass is 9.89. The van der Waals surface area contributed by atoms with Crippen molar-refractivity contribution in [3.8, 4) is 51.3 Å². The van der Waals surface area contributed by atoms with Gasteiger partial charge in [-0.3, -0.25) is 43.3 Å². The summed E-state index contributed by atoms with van der Waals surface area (Å²) in [5.74, 6) is -2.20. The maximum Gasteiger partial charge on any atom is 0.416 e. The van der Waals surface area contributed by atoms with Gasteiger partial charge in [0.25, 0.3) is 11.8 Å². The Balaban J connectivity index is 0.570. The molecule has 1 unspecified atom stereocenters. The second-order valence-corrected chi connectivity index (χ2v) is 29.4. The van der Waals surface area contributed by atoms with Crippen molar-refractivity contribution in [3.63, 3.8) is 0 Å². The summed E-state index contributed by atoms with van der Waals surface area (Å²) in [5.41, 5.74) is 8.68. The molecule has 2 fully saturated rings. The molecule has 26 nitrogen and oxygen atoms in total. The van der Waals surface area contributed by atoms with E-state index in [1.54, 1.807) is 85.2 Å². The summed E-state index contributed by atoms with van der Waals surface area (Å²) >= 11 is 0. The van der Waals surface area contributed by atoms with Crippen LogP contribution in [0.2, 0.25) is 0 Å². The van der Waals surface area contributed by atoms with Crippen molar-refractivity contribution < 1.29 is 76.7 Å². The smallest absolute Gasteiger partial charge is 0.416 e. The van der Waals surface area contributed by atoms with Crippen LogP contribution in [0, 0.1) is 17.3 Å². The number of benzene rings is 6. The van der Waals surface area contributed by atoms with Gasteiger partial charge >= 0.3 is 6.09 Å². The fraction of sp³-hybridized carbons (Fsp3) is 0.398. The van der Waals surface area contributed by atoms with Crippen LogP contribution in [0.15, 0.2) is 133 Å². The highest BCUT2D eigenvalue weighted by Gasteiger charge is 2.58. The third-order valence-corrected chi connectivity index (χ3v) is 21.3. The lowest BCUT2D eigenvalue weighted by Gasteiger charge is -2.31. The maximum atomic E-state index is 14.5. The molecule has 1 aromatic heterocycles. The van der Waals surface area contributed by atoms with Crippen LogP contribution in [0.25, 0.3) is 28.1 Å². The Morgan fingerprint density at radius 3 is 2.07 bits per heavy atom. The Kier molecular flexibility index (Phi) is 22.6. The van der Waals surface area contributed by atoms with E-state index in [1.807, 2.05) is 97.5 Å². The van der Waals surface area contributed by atoms with Gasteiger partial charge in [-0.1, -0.05) is 97.9 Å². The molecular formula is C83H90N10O16. The number of aliphatic imine (C=N–C) groups is 1. The summed E-state index contributed by atoms with van der Waals surface area (Å²) in [6.45, 7) is 9.44. The Morgan fingerprint density at radius 1 is 0.697 bits per heavy atom. The zero-order valence-corrected chi connectivity index (χ0v) is 62.4. The van der Waals surface area contributed by atoms with Crippen molar-refractivity contribution in [2.24, 2.45) is 22.2 Å². The normalized spacial score (nSPS) is 17.5. The first-order chi connectivity index (χ1) is 52.5. The fourth-order valence-corrected chi connectivity index (χ4v) is 14.9. The number of aliphatic hydroxyl groups is 1. The second-order valence-electron chi connectivity index (χ2n) is 29.4. The number of nitrogens with zero attached hydrogens (tertiary/aromatic N) is 8. The van der Waals surface area contributed by atoms with Gasteiger partial charge in [0, 0.05) is 106 Å². The fourth-order valence-electron chi connectivity index (χ4n) is 14.9. The number of aliphatic hydroxyl groups excluding tert-OH is 1. The molecule has 0 bridgehead atoms. The minimum absolute atomic E-state index is 0.0161. The number of para-hydroxylation sites is 1. The number of ketones is 3. The number of ether oxygens (including phenoxy) is 6. The lowest BCUT2D eigenvalue weighted by Crippen LogP contribution is -2.50. The number of Topliss-reactive ketones (excluding diaryl/α,β-unsaturated/α-hetero) is 3. The topological polar surface area (TPSA) is 309 Å². The molecule has 1 aliphatic carbocycles. The number of anilines is 2. The summed E-state index contributed by atoms with van der Waals surface area (Å²) in [4.78, 5) is 135. The predicted molar refractivity (Wildman–Crippen MR) is 405 cm³/mol. The quantitative estimate of drug-likeness (QED) is 0.0367. The summed E-state index contributed by atoms with van der Waals surface area (Å²) in [6, 6.07) is 34.1. The molecule has 7 aromatic rings. The van der Waals surface area contributed by atoms with Gasteiger partial charge in [-0.2, -0.15) is 0 Å². The molecule has 26 heteroatoms. The van der Waals surface area contributed by atoms with Crippen LogP contribution in [0.3, 0.4) is 0 Å². The van der Waals surface area contributed by atoms with Crippen molar-refractivity contribution in [2.75, 3.05) is 57.4 Å².